The molecule has 1 fully saturated rings. The van der Waals surface area contributed by atoms with Gasteiger partial charge in [-0.2, -0.15) is 0 Å². The SMILES string of the molecule is O=C(Cn1cc(-c2ccccc2)nn1)N1CCO[C@H](c2ccccc2)C1. The Bertz CT molecular complexity index is 864. The highest BCUT2D eigenvalue weighted by Gasteiger charge is 2.25. The summed E-state index contributed by atoms with van der Waals surface area (Å²) in [6, 6.07) is 19.8. The van der Waals surface area contributed by atoms with E-state index < -0.39 is 0 Å². The number of morpholine rings is 1. The average molecular weight is 348 g/mol. The minimum absolute atomic E-state index is 0.0266. The zero-order chi connectivity index (χ0) is 17.8. The maximum absolute atomic E-state index is 12.7. The van der Waals surface area contributed by atoms with Crippen LogP contribution in [-0.2, 0) is 16.1 Å². The molecule has 0 spiro atoms. The summed E-state index contributed by atoms with van der Waals surface area (Å²) in [5, 5.41) is 8.26. The lowest BCUT2D eigenvalue weighted by atomic mass is 10.1. The molecule has 1 amide bonds. The molecule has 6 nitrogen and oxygen atoms in total. The molecule has 0 N–H and O–H groups in total. The molecule has 4 rings (SSSR count). The van der Waals surface area contributed by atoms with Gasteiger partial charge in [0.25, 0.3) is 0 Å². The van der Waals surface area contributed by atoms with Crippen LogP contribution in [0.25, 0.3) is 11.3 Å². The van der Waals surface area contributed by atoms with Crippen molar-refractivity contribution in [3.8, 4) is 11.3 Å². The Morgan fingerprint density at radius 3 is 2.58 bits per heavy atom. The fourth-order valence-electron chi connectivity index (χ4n) is 3.10. The number of nitrogens with zero attached hydrogens (tertiary/aromatic N) is 4. The molecule has 1 saturated heterocycles. The van der Waals surface area contributed by atoms with E-state index in [4.69, 9.17) is 4.74 Å². The van der Waals surface area contributed by atoms with Crippen molar-refractivity contribution in [1.29, 1.82) is 0 Å². The van der Waals surface area contributed by atoms with E-state index in [-0.39, 0.29) is 18.6 Å². The second-order valence-electron chi connectivity index (χ2n) is 6.28. The highest BCUT2D eigenvalue weighted by atomic mass is 16.5. The molecular formula is C20H20N4O2. The number of carbonyl (C=O) groups excluding carboxylic acids is 1. The normalized spacial score (nSPS) is 17.2. The molecule has 2 heterocycles. The summed E-state index contributed by atoms with van der Waals surface area (Å²) in [5.74, 6) is 0.0266. The molecule has 1 aliphatic heterocycles. The van der Waals surface area contributed by atoms with E-state index >= 15 is 0 Å². The van der Waals surface area contributed by atoms with Gasteiger partial charge in [-0.25, -0.2) is 4.68 Å². The third-order valence-electron chi connectivity index (χ3n) is 4.50. The topological polar surface area (TPSA) is 60.2 Å². The second-order valence-corrected chi connectivity index (χ2v) is 6.28. The number of amides is 1. The smallest absolute Gasteiger partial charge is 0.244 e. The van der Waals surface area contributed by atoms with Crippen LogP contribution in [0.15, 0.2) is 66.9 Å². The fraction of sp³-hybridized carbons (Fsp3) is 0.250. The minimum Gasteiger partial charge on any atom is -0.370 e. The summed E-state index contributed by atoms with van der Waals surface area (Å²) in [6.07, 6.45) is 1.73. The third kappa shape index (κ3) is 3.65. The standard InChI is InChI=1S/C20H20N4O2/c25-20(15-24-13-18(21-22-24)16-7-3-1-4-8-16)23-11-12-26-19(14-23)17-9-5-2-6-10-17/h1-10,13,19H,11-12,14-15H2/t19-/m0/s1. The van der Waals surface area contributed by atoms with E-state index in [1.54, 1.807) is 4.68 Å². The zero-order valence-corrected chi connectivity index (χ0v) is 14.4. The third-order valence-corrected chi connectivity index (χ3v) is 4.50. The van der Waals surface area contributed by atoms with Crippen LogP contribution in [-0.4, -0.2) is 45.5 Å². The molecule has 26 heavy (non-hydrogen) atoms. The molecule has 1 aromatic heterocycles. The summed E-state index contributed by atoms with van der Waals surface area (Å²) >= 11 is 0. The largest absolute Gasteiger partial charge is 0.370 e. The van der Waals surface area contributed by atoms with Crippen LogP contribution in [0, 0.1) is 0 Å². The molecule has 0 radical (unpaired) electrons. The Kier molecular flexibility index (Phi) is 4.75. The molecule has 0 unspecified atom stereocenters. The number of rotatable bonds is 4. The van der Waals surface area contributed by atoms with Crippen LogP contribution in [0.4, 0.5) is 0 Å². The molecule has 0 aliphatic carbocycles. The monoisotopic (exact) mass is 348 g/mol. The first-order chi connectivity index (χ1) is 12.8. The number of carbonyl (C=O) groups is 1. The summed E-state index contributed by atoms with van der Waals surface area (Å²) in [7, 11) is 0. The quantitative estimate of drug-likeness (QED) is 0.727. The first kappa shape index (κ1) is 16.5. The Hall–Kier alpha value is -2.99. The molecule has 132 valence electrons. The van der Waals surface area contributed by atoms with Crippen molar-refractivity contribution < 1.29 is 9.53 Å². The predicted molar refractivity (Wildman–Crippen MR) is 97.2 cm³/mol. The van der Waals surface area contributed by atoms with E-state index in [1.807, 2.05) is 71.8 Å². The Morgan fingerprint density at radius 1 is 1.08 bits per heavy atom. The lowest BCUT2D eigenvalue weighted by Crippen LogP contribution is -2.43. The second kappa shape index (κ2) is 7.49. The van der Waals surface area contributed by atoms with Gasteiger partial charge in [0.2, 0.25) is 5.91 Å². The molecular weight excluding hydrogens is 328 g/mol. The van der Waals surface area contributed by atoms with E-state index in [9.17, 15) is 4.79 Å². The van der Waals surface area contributed by atoms with E-state index in [0.717, 1.165) is 16.8 Å². The summed E-state index contributed by atoms with van der Waals surface area (Å²) in [5.41, 5.74) is 2.85. The summed E-state index contributed by atoms with van der Waals surface area (Å²) < 4.78 is 7.42. The first-order valence-corrected chi connectivity index (χ1v) is 8.69. The summed E-state index contributed by atoms with van der Waals surface area (Å²) in [6.45, 7) is 1.88. The van der Waals surface area contributed by atoms with Crippen molar-refractivity contribution in [3.63, 3.8) is 0 Å². The lowest BCUT2D eigenvalue weighted by Gasteiger charge is -2.33. The van der Waals surface area contributed by atoms with Crippen molar-refractivity contribution in [3.05, 3.63) is 72.4 Å². The maximum atomic E-state index is 12.7. The molecule has 1 atom stereocenters. The fourth-order valence-corrected chi connectivity index (χ4v) is 3.10. The number of hydrogen-bond acceptors (Lipinski definition) is 4. The Balaban J connectivity index is 1.41. The van der Waals surface area contributed by atoms with Gasteiger partial charge in [-0.1, -0.05) is 65.9 Å². The number of ether oxygens (including phenoxy) is 1. The van der Waals surface area contributed by atoms with Gasteiger partial charge < -0.3 is 9.64 Å². The van der Waals surface area contributed by atoms with Gasteiger partial charge in [-0.15, -0.1) is 5.10 Å². The number of hydrogen-bond donors (Lipinski definition) is 0. The van der Waals surface area contributed by atoms with Gasteiger partial charge in [0, 0.05) is 12.1 Å². The van der Waals surface area contributed by atoms with Gasteiger partial charge in [-0.3, -0.25) is 4.79 Å². The predicted octanol–water partition coefficient (Wildman–Crippen LogP) is 2.55. The molecule has 6 heteroatoms. The van der Waals surface area contributed by atoms with Crippen LogP contribution < -0.4 is 0 Å². The molecule has 2 aromatic carbocycles. The maximum Gasteiger partial charge on any atom is 0.244 e. The van der Waals surface area contributed by atoms with Crippen LogP contribution in [0.3, 0.4) is 0 Å². The average Bonchev–Trinajstić information content (AvgIpc) is 3.18. The van der Waals surface area contributed by atoms with Crippen molar-refractivity contribution in [2.24, 2.45) is 0 Å². The summed E-state index contributed by atoms with van der Waals surface area (Å²) in [4.78, 5) is 14.5. The van der Waals surface area contributed by atoms with Crippen LogP contribution >= 0.6 is 0 Å². The van der Waals surface area contributed by atoms with Gasteiger partial charge in [0.05, 0.1) is 19.3 Å². The van der Waals surface area contributed by atoms with Gasteiger partial charge in [0.1, 0.15) is 18.3 Å². The van der Waals surface area contributed by atoms with E-state index in [0.29, 0.717) is 19.7 Å². The van der Waals surface area contributed by atoms with Crippen molar-refractivity contribution in [1.82, 2.24) is 19.9 Å². The van der Waals surface area contributed by atoms with E-state index in [1.165, 1.54) is 0 Å². The molecule has 0 saturated carbocycles. The van der Waals surface area contributed by atoms with E-state index in [2.05, 4.69) is 10.3 Å². The zero-order valence-electron chi connectivity index (χ0n) is 14.4. The van der Waals surface area contributed by atoms with Gasteiger partial charge in [0.15, 0.2) is 0 Å². The van der Waals surface area contributed by atoms with Gasteiger partial charge in [-0.05, 0) is 5.56 Å². The molecule has 1 aliphatic rings. The minimum atomic E-state index is -0.0791. The molecule has 0 bridgehead atoms. The van der Waals surface area contributed by atoms with Crippen LogP contribution in [0.5, 0.6) is 0 Å². The van der Waals surface area contributed by atoms with Crippen molar-refractivity contribution in [2.45, 2.75) is 12.6 Å². The van der Waals surface area contributed by atoms with Crippen LogP contribution in [0.1, 0.15) is 11.7 Å². The first-order valence-electron chi connectivity index (χ1n) is 8.69. The number of benzene rings is 2. The number of aromatic nitrogens is 3. The highest BCUT2D eigenvalue weighted by Crippen LogP contribution is 2.22. The van der Waals surface area contributed by atoms with Crippen LogP contribution in [0.2, 0.25) is 0 Å². The van der Waals surface area contributed by atoms with Crippen molar-refractivity contribution in [2.75, 3.05) is 19.7 Å². The Morgan fingerprint density at radius 2 is 1.81 bits per heavy atom. The lowest BCUT2D eigenvalue weighted by molar-refractivity contribution is -0.139. The van der Waals surface area contributed by atoms with Crippen molar-refractivity contribution >= 4 is 5.91 Å². The molecule has 3 aromatic rings. The Labute approximate surface area is 152 Å². The van der Waals surface area contributed by atoms with Gasteiger partial charge >= 0.3 is 0 Å². The highest BCUT2D eigenvalue weighted by molar-refractivity contribution is 5.76.